The minimum Gasteiger partial charge on any atom is -0.333 e. The highest BCUT2D eigenvalue weighted by Crippen LogP contribution is 2.24. The Hall–Kier alpha value is -2.35. The lowest BCUT2D eigenvalue weighted by atomic mass is 10.2. The number of nitro benzene ring substituents is 1. The molecule has 1 amide bonds. The van der Waals surface area contributed by atoms with Gasteiger partial charge in [0.15, 0.2) is 5.69 Å². The van der Waals surface area contributed by atoms with Crippen molar-refractivity contribution in [2.24, 2.45) is 0 Å². The van der Waals surface area contributed by atoms with Crippen molar-refractivity contribution >= 4 is 23.4 Å². The molecule has 0 aliphatic carbocycles. The van der Waals surface area contributed by atoms with Crippen molar-refractivity contribution in [2.75, 3.05) is 18.6 Å². The molecule has 1 atom stereocenters. The Kier molecular flexibility index (Phi) is 4.84. The van der Waals surface area contributed by atoms with E-state index in [2.05, 4.69) is 5.10 Å². The number of benzene rings is 1. The number of para-hydroxylation sites is 2. The maximum absolute atomic E-state index is 12.7. The van der Waals surface area contributed by atoms with Crippen LogP contribution in [-0.4, -0.2) is 50.1 Å². The first kappa shape index (κ1) is 16.5. The van der Waals surface area contributed by atoms with E-state index in [4.69, 9.17) is 0 Å². The Balaban J connectivity index is 1.86. The predicted molar refractivity (Wildman–Crippen MR) is 92.7 cm³/mol. The molecule has 0 bridgehead atoms. The molecule has 8 heteroatoms. The summed E-state index contributed by atoms with van der Waals surface area (Å²) in [4.78, 5) is 25.3. The highest BCUT2D eigenvalue weighted by atomic mass is 32.2. The van der Waals surface area contributed by atoms with E-state index < -0.39 is 4.92 Å². The van der Waals surface area contributed by atoms with Gasteiger partial charge in [0, 0.05) is 30.6 Å². The molecule has 0 N–H and O–H groups in total. The van der Waals surface area contributed by atoms with Gasteiger partial charge in [-0.3, -0.25) is 14.9 Å². The average Bonchev–Trinajstić information content (AvgIpc) is 3.24. The van der Waals surface area contributed by atoms with Crippen LogP contribution in [0.15, 0.2) is 36.5 Å². The number of thioether (sulfide) groups is 1. The van der Waals surface area contributed by atoms with Crippen LogP contribution in [0.3, 0.4) is 0 Å². The molecule has 1 aliphatic rings. The van der Waals surface area contributed by atoms with Crippen molar-refractivity contribution in [1.82, 2.24) is 14.7 Å². The summed E-state index contributed by atoms with van der Waals surface area (Å²) in [5.41, 5.74) is 0.630. The number of rotatable bonds is 5. The number of carbonyl (C=O) groups excluding carboxylic acids is 1. The lowest BCUT2D eigenvalue weighted by Gasteiger charge is -2.23. The fourth-order valence-corrected chi connectivity index (χ4v) is 3.73. The SMILES string of the molecule is CSC[C@@H]1CCCN1C(=O)c1ccn(-c2ccccc2[N+](=O)[O-])n1. The largest absolute Gasteiger partial charge is 0.333 e. The molecule has 1 fully saturated rings. The van der Waals surface area contributed by atoms with Crippen LogP contribution in [0.1, 0.15) is 23.3 Å². The van der Waals surface area contributed by atoms with E-state index in [1.807, 2.05) is 11.2 Å². The van der Waals surface area contributed by atoms with Crippen LogP contribution in [0.25, 0.3) is 5.69 Å². The third-order valence-corrected chi connectivity index (χ3v) is 4.85. The Bertz CT molecular complexity index is 761. The number of aromatic nitrogens is 2. The molecule has 1 saturated heterocycles. The lowest BCUT2D eigenvalue weighted by molar-refractivity contribution is -0.384. The van der Waals surface area contributed by atoms with Gasteiger partial charge in [-0.25, -0.2) is 4.68 Å². The zero-order valence-corrected chi connectivity index (χ0v) is 14.1. The highest BCUT2D eigenvalue weighted by molar-refractivity contribution is 7.98. The maximum Gasteiger partial charge on any atom is 0.294 e. The summed E-state index contributed by atoms with van der Waals surface area (Å²) >= 11 is 1.73. The molecule has 0 radical (unpaired) electrons. The second-order valence-electron chi connectivity index (χ2n) is 5.64. The van der Waals surface area contributed by atoms with Crippen molar-refractivity contribution in [3.8, 4) is 5.69 Å². The minimum absolute atomic E-state index is 0.0407. The Morgan fingerprint density at radius 2 is 2.21 bits per heavy atom. The molecule has 24 heavy (non-hydrogen) atoms. The molecule has 1 aromatic carbocycles. The Morgan fingerprint density at radius 3 is 2.96 bits per heavy atom. The molecule has 0 unspecified atom stereocenters. The standard InChI is InChI=1S/C16H18N4O3S/c1-24-11-12-5-4-9-18(12)16(21)13-8-10-19(17-13)14-6-2-3-7-15(14)20(22)23/h2-3,6-8,10,12H,4-5,9,11H2,1H3/t12-/m0/s1. The van der Waals surface area contributed by atoms with Crippen molar-refractivity contribution in [1.29, 1.82) is 0 Å². The van der Waals surface area contributed by atoms with E-state index >= 15 is 0 Å². The van der Waals surface area contributed by atoms with E-state index in [9.17, 15) is 14.9 Å². The van der Waals surface area contributed by atoms with Crippen LogP contribution in [-0.2, 0) is 0 Å². The smallest absolute Gasteiger partial charge is 0.294 e. The first-order valence-corrected chi connectivity index (χ1v) is 9.10. The zero-order chi connectivity index (χ0) is 17.1. The van der Waals surface area contributed by atoms with Crippen molar-refractivity contribution < 1.29 is 9.72 Å². The minimum atomic E-state index is -0.451. The lowest BCUT2D eigenvalue weighted by Crippen LogP contribution is -2.37. The van der Waals surface area contributed by atoms with Gasteiger partial charge in [0.25, 0.3) is 11.6 Å². The van der Waals surface area contributed by atoms with Gasteiger partial charge >= 0.3 is 0 Å². The van der Waals surface area contributed by atoms with Crippen LogP contribution in [0.5, 0.6) is 0 Å². The quantitative estimate of drug-likeness (QED) is 0.614. The molecule has 3 rings (SSSR count). The predicted octanol–water partition coefficient (Wildman–Crippen LogP) is 2.75. The summed E-state index contributed by atoms with van der Waals surface area (Å²) in [6, 6.07) is 8.21. The van der Waals surface area contributed by atoms with Gasteiger partial charge in [0.05, 0.1) is 4.92 Å². The molecular formula is C16H18N4O3S. The molecule has 2 aromatic rings. The van der Waals surface area contributed by atoms with Crippen molar-refractivity contribution in [3.63, 3.8) is 0 Å². The third-order valence-electron chi connectivity index (χ3n) is 4.13. The van der Waals surface area contributed by atoms with E-state index in [0.717, 1.165) is 25.1 Å². The third kappa shape index (κ3) is 3.14. The number of hydrogen-bond donors (Lipinski definition) is 0. The second kappa shape index (κ2) is 7.04. The summed E-state index contributed by atoms with van der Waals surface area (Å²) in [5, 5.41) is 15.4. The van der Waals surface area contributed by atoms with E-state index in [0.29, 0.717) is 11.4 Å². The van der Waals surface area contributed by atoms with Crippen LogP contribution in [0.4, 0.5) is 5.69 Å². The second-order valence-corrected chi connectivity index (χ2v) is 6.55. The van der Waals surface area contributed by atoms with Crippen molar-refractivity contribution in [2.45, 2.75) is 18.9 Å². The number of nitrogens with zero attached hydrogens (tertiary/aromatic N) is 4. The van der Waals surface area contributed by atoms with Crippen LogP contribution >= 0.6 is 11.8 Å². The molecule has 2 heterocycles. The summed E-state index contributed by atoms with van der Waals surface area (Å²) in [6.07, 6.45) is 5.64. The van der Waals surface area contributed by atoms with Crippen LogP contribution in [0.2, 0.25) is 0 Å². The number of nitro groups is 1. The molecule has 0 saturated carbocycles. The molecular weight excluding hydrogens is 328 g/mol. The molecule has 126 valence electrons. The summed E-state index contributed by atoms with van der Waals surface area (Å²) in [7, 11) is 0. The van der Waals surface area contributed by atoms with Gasteiger partial charge in [-0.1, -0.05) is 12.1 Å². The molecule has 1 aliphatic heterocycles. The van der Waals surface area contributed by atoms with Gasteiger partial charge in [-0.2, -0.15) is 16.9 Å². The number of likely N-dealkylation sites (tertiary alicyclic amines) is 1. The Morgan fingerprint density at radius 1 is 1.42 bits per heavy atom. The fourth-order valence-electron chi connectivity index (χ4n) is 3.00. The van der Waals surface area contributed by atoms with Gasteiger partial charge < -0.3 is 4.90 Å². The van der Waals surface area contributed by atoms with Crippen LogP contribution in [0, 0.1) is 10.1 Å². The number of carbonyl (C=O) groups is 1. The summed E-state index contributed by atoms with van der Waals surface area (Å²) in [5.74, 6) is 0.806. The normalized spacial score (nSPS) is 17.2. The van der Waals surface area contributed by atoms with Gasteiger partial charge in [0.2, 0.25) is 0 Å². The first-order valence-electron chi connectivity index (χ1n) is 7.71. The first-order chi connectivity index (χ1) is 11.6. The van der Waals surface area contributed by atoms with Gasteiger partial charge in [-0.05, 0) is 31.2 Å². The summed E-state index contributed by atoms with van der Waals surface area (Å²) in [6.45, 7) is 0.738. The monoisotopic (exact) mass is 346 g/mol. The molecule has 1 aromatic heterocycles. The summed E-state index contributed by atoms with van der Waals surface area (Å²) < 4.78 is 1.39. The number of hydrogen-bond acceptors (Lipinski definition) is 5. The van der Waals surface area contributed by atoms with Gasteiger partial charge in [0.1, 0.15) is 5.69 Å². The Labute approximate surface area is 143 Å². The average molecular weight is 346 g/mol. The highest BCUT2D eigenvalue weighted by Gasteiger charge is 2.30. The fraction of sp³-hybridized carbons (Fsp3) is 0.375. The maximum atomic E-state index is 12.7. The van der Waals surface area contributed by atoms with Crippen molar-refractivity contribution in [3.05, 3.63) is 52.3 Å². The molecule has 0 spiro atoms. The topological polar surface area (TPSA) is 81.3 Å². The number of amides is 1. The van der Waals surface area contributed by atoms with E-state index in [1.165, 1.54) is 10.7 Å². The van der Waals surface area contributed by atoms with Gasteiger partial charge in [-0.15, -0.1) is 0 Å². The van der Waals surface area contributed by atoms with Crippen LogP contribution < -0.4 is 0 Å². The van der Waals surface area contributed by atoms with E-state index in [-0.39, 0.29) is 17.6 Å². The molecule has 7 nitrogen and oxygen atoms in total. The zero-order valence-electron chi connectivity index (χ0n) is 13.3. The van der Waals surface area contributed by atoms with E-state index in [1.54, 1.807) is 42.2 Å².